The fourth-order valence-corrected chi connectivity index (χ4v) is 5.76. The Hall–Kier alpha value is -0.0400. The van der Waals surface area contributed by atoms with Crippen LogP contribution < -0.4 is 0 Å². The molecule has 0 heterocycles. The van der Waals surface area contributed by atoms with E-state index in [0.29, 0.717) is 0 Å². The molecule has 0 saturated carbocycles. The maximum Gasteiger partial charge on any atom is 0.0780 e. The molecule has 244 valence electrons. The van der Waals surface area contributed by atoms with Crippen LogP contribution in [0.15, 0.2) is 0 Å². The molecule has 40 heavy (non-hydrogen) atoms. The van der Waals surface area contributed by atoms with Crippen molar-refractivity contribution in [3.63, 3.8) is 0 Å². The molecule has 0 fully saturated rings. The van der Waals surface area contributed by atoms with Crippen molar-refractivity contribution in [2.75, 3.05) is 27.7 Å². The molecule has 0 amide bonds. The number of nitrogens with zero attached hydrogens (tertiary/aromatic N) is 1. The monoisotopic (exact) mass is 567 g/mol. The third-order valence-electron chi connectivity index (χ3n) is 8.64. The van der Waals surface area contributed by atoms with Crippen LogP contribution in [0.3, 0.4) is 0 Å². The zero-order valence-corrected chi connectivity index (χ0v) is 29.8. The summed E-state index contributed by atoms with van der Waals surface area (Å²) in [5.41, 5.74) is 0. The van der Waals surface area contributed by atoms with Crippen LogP contribution in [0, 0.1) is 0 Å². The van der Waals surface area contributed by atoms with Crippen molar-refractivity contribution >= 4 is 0 Å². The summed E-state index contributed by atoms with van der Waals surface area (Å²) in [6.07, 6.45) is 46.8. The van der Waals surface area contributed by atoms with Gasteiger partial charge < -0.3 is 4.48 Å². The summed E-state index contributed by atoms with van der Waals surface area (Å²) in [4.78, 5) is 0. The fraction of sp³-hybridized carbons (Fsp3) is 1.00. The first-order valence-electron chi connectivity index (χ1n) is 19.3. The maximum atomic E-state index is 2.30. The first-order valence-corrected chi connectivity index (χ1v) is 19.3. The van der Waals surface area contributed by atoms with Gasteiger partial charge in [0.05, 0.1) is 27.7 Å². The Kier molecular flexibility index (Phi) is 38.9. The lowest BCUT2D eigenvalue weighted by Gasteiger charge is -2.23. The molecule has 1 nitrogen and oxygen atoms in total. The zero-order chi connectivity index (χ0) is 29.8. The van der Waals surface area contributed by atoms with Crippen LogP contribution in [-0.4, -0.2) is 32.2 Å². The first-order chi connectivity index (χ1) is 19.5. The van der Waals surface area contributed by atoms with Crippen molar-refractivity contribution < 1.29 is 4.48 Å². The highest BCUT2D eigenvalue weighted by atomic mass is 15.3. The van der Waals surface area contributed by atoms with Crippen LogP contribution in [0.25, 0.3) is 0 Å². The highest BCUT2D eigenvalue weighted by Gasteiger charge is 2.05. The van der Waals surface area contributed by atoms with Gasteiger partial charge in [-0.05, 0) is 12.8 Å². The average molecular weight is 567 g/mol. The van der Waals surface area contributed by atoms with Gasteiger partial charge in [-0.1, -0.05) is 213 Å². The van der Waals surface area contributed by atoms with E-state index < -0.39 is 0 Å². The standard InChI is InChI=1S/C21H46N.C18H38/c1-5-6-7-8-9-10-11-12-13-14-15-16-17-18-19-20-21-22(2,3)4;1-3-5-7-9-11-13-15-17-18-16-14-12-10-8-6-4-2/h5-21H2,1-4H3;3-18H2,1-2H3/q+1;. The summed E-state index contributed by atoms with van der Waals surface area (Å²) in [5.74, 6) is 0. The molecule has 1 heteroatoms. The summed E-state index contributed by atoms with van der Waals surface area (Å²) in [5, 5.41) is 0. The highest BCUT2D eigenvalue weighted by Crippen LogP contribution is 2.15. The Morgan fingerprint density at radius 2 is 0.375 bits per heavy atom. The van der Waals surface area contributed by atoms with Gasteiger partial charge in [-0.15, -0.1) is 0 Å². The van der Waals surface area contributed by atoms with Crippen molar-refractivity contribution in [3.8, 4) is 0 Å². The molecule has 0 unspecified atom stereocenters. The summed E-state index contributed by atoms with van der Waals surface area (Å²) in [6.45, 7) is 8.22. The molecule has 0 N–H and O–H groups in total. The van der Waals surface area contributed by atoms with Crippen LogP contribution in [0.5, 0.6) is 0 Å². The van der Waals surface area contributed by atoms with E-state index in [2.05, 4.69) is 41.9 Å². The molecule has 0 rings (SSSR count). The van der Waals surface area contributed by atoms with E-state index in [9.17, 15) is 0 Å². The quantitative estimate of drug-likeness (QED) is 0.0561. The van der Waals surface area contributed by atoms with Crippen LogP contribution in [-0.2, 0) is 0 Å². The summed E-state index contributed by atoms with van der Waals surface area (Å²) >= 11 is 0. The lowest BCUT2D eigenvalue weighted by Crippen LogP contribution is -2.35. The summed E-state index contributed by atoms with van der Waals surface area (Å²) < 4.78 is 1.12. The number of unbranched alkanes of at least 4 members (excludes halogenated alkanes) is 30. The van der Waals surface area contributed by atoms with Gasteiger partial charge in [0, 0.05) is 0 Å². The Morgan fingerprint density at radius 3 is 0.525 bits per heavy atom. The second-order valence-electron chi connectivity index (χ2n) is 14.3. The third kappa shape index (κ3) is 45.0. The number of rotatable bonds is 32. The molecule has 0 atom stereocenters. The van der Waals surface area contributed by atoms with E-state index in [-0.39, 0.29) is 0 Å². The highest BCUT2D eigenvalue weighted by molar-refractivity contribution is 4.51. The Morgan fingerprint density at radius 1 is 0.225 bits per heavy atom. The SMILES string of the molecule is CCCCCCCCCCCCCCCCCC.CCCCCCCCCCCCCCCCCC[N+](C)(C)C. The molecular weight excluding hydrogens is 482 g/mol. The normalized spacial score (nSPS) is 11.6. The fourth-order valence-electron chi connectivity index (χ4n) is 5.76. The van der Waals surface area contributed by atoms with Crippen molar-refractivity contribution in [2.45, 2.75) is 226 Å². The number of quaternary nitrogens is 1. The Balaban J connectivity index is 0. The Labute approximate surface area is 258 Å². The smallest absolute Gasteiger partial charge is 0.0780 e. The molecule has 0 bridgehead atoms. The summed E-state index contributed by atoms with van der Waals surface area (Å²) in [7, 11) is 6.89. The van der Waals surface area contributed by atoms with E-state index in [0.717, 1.165) is 4.48 Å². The second kappa shape index (κ2) is 37.0. The third-order valence-corrected chi connectivity index (χ3v) is 8.64. The van der Waals surface area contributed by atoms with E-state index in [1.807, 2.05) is 0 Å². The molecule has 0 aromatic carbocycles. The lowest BCUT2D eigenvalue weighted by atomic mass is 10.0. The molecule has 0 saturated heterocycles. The van der Waals surface area contributed by atoms with Gasteiger partial charge in [0.25, 0.3) is 0 Å². The van der Waals surface area contributed by atoms with Crippen molar-refractivity contribution in [1.82, 2.24) is 0 Å². The number of hydrogen-bond donors (Lipinski definition) is 0. The zero-order valence-electron chi connectivity index (χ0n) is 29.8. The number of hydrogen-bond acceptors (Lipinski definition) is 0. The molecular formula is C39H84N+. The van der Waals surface area contributed by atoms with Gasteiger partial charge in [-0.3, -0.25) is 0 Å². The predicted octanol–water partition coefficient (Wildman–Crippen LogP) is 14.2. The maximum absolute atomic E-state index is 2.30. The van der Waals surface area contributed by atoms with Gasteiger partial charge in [0.2, 0.25) is 0 Å². The molecule has 0 aromatic rings. The van der Waals surface area contributed by atoms with E-state index in [1.54, 1.807) is 0 Å². The molecule has 0 aliphatic heterocycles. The predicted molar refractivity (Wildman–Crippen MR) is 188 cm³/mol. The minimum Gasteiger partial charge on any atom is -0.331 e. The van der Waals surface area contributed by atoms with Gasteiger partial charge in [-0.2, -0.15) is 0 Å². The van der Waals surface area contributed by atoms with Crippen molar-refractivity contribution in [2.24, 2.45) is 0 Å². The molecule has 0 aliphatic carbocycles. The van der Waals surface area contributed by atoms with Crippen LogP contribution in [0.1, 0.15) is 226 Å². The lowest BCUT2D eigenvalue weighted by molar-refractivity contribution is -0.870. The van der Waals surface area contributed by atoms with Crippen molar-refractivity contribution in [3.05, 3.63) is 0 Å². The van der Waals surface area contributed by atoms with Crippen LogP contribution >= 0.6 is 0 Å². The van der Waals surface area contributed by atoms with Gasteiger partial charge in [-0.25, -0.2) is 0 Å². The minimum atomic E-state index is 1.12. The Bertz CT molecular complexity index is 393. The molecule has 0 radical (unpaired) electrons. The van der Waals surface area contributed by atoms with Crippen LogP contribution in [0.2, 0.25) is 0 Å². The van der Waals surface area contributed by atoms with Gasteiger partial charge >= 0.3 is 0 Å². The van der Waals surface area contributed by atoms with Gasteiger partial charge in [0.15, 0.2) is 0 Å². The molecule has 0 aliphatic rings. The molecule has 0 aromatic heterocycles. The van der Waals surface area contributed by atoms with E-state index >= 15 is 0 Å². The van der Waals surface area contributed by atoms with Gasteiger partial charge in [0.1, 0.15) is 0 Å². The largest absolute Gasteiger partial charge is 0.331 e. The summed E-state index contributed by atoms with van der Waals surface area (Å²) in [6, 6.07) is 0. The minimum absolute atomic E-state index is 1.12. The molecule has 0 spiro atoms. The first kappa shape index (κ1) is 42.1. The second-order valence-corrected chi connectivity index (χ2v) is 14.3. The topological polar surface area (TPSA) is 0 Å². The van der Waals surface area contributed by atoms with E-state index in [1.165, 1.54) is 212 Å². The van der Waals surface area contributed by atoms with Crippen molar-refractivity contribution in [1.29, 1.82) is 0 Å². The van der Waals surface area contributed by atoms with E-state index in [4.69, 9.17) is 0 Å². The average Bonchev–Trinajstić information content (AvgIpc) is 2.93. The van der Waals surface area contributed by atoms with Crippen LogP contribution in [0.4, 0.5) is 0 Å².